The maximum atomic E-state index is 12.3. The van der Waals surface area contributed by atoms with Gasteiger partial charge in [0.2, 0.25) is 0 Å². The average molecular weight is 330 g/mol. The standard InChI is InChI=1S/C22H18O3/c1-16(20(23)15-14-17-8-3-2-4-9-17)22(24)25-21-13-7-11-18-10-5-6-12-19(18)21/h2-15,20,23H,1H2/b15-14+. The van der Waals surface area contributed by atoms with Crippen molar-refractivity contribution in [2.75, 3.05) is 0 Å². The number of hydrogen-bond donors (Lipinski definition) is 1. The van der Waals surface area contributed by atoms with Gasteiger partial charge in [-0.1, -0.05) is 85.5 Å². The fourth-order valence-electron chi connectivity index (χ4n) is 2.45. The van der Waals surface area contributed by atoms with Crippen molar-refractivity contribution in [3.8, 4) is 5.75 Å². The predicted molar refractivity (Wildman–Crippen MR) is 100 cm³/mol. The van der Waals surface area contributed by atoms with E-state index in [1.165, 1.54) is 6.08 Å². The Morgan fingerprint density at radius 3 is 2.44 bits per heavy atom. The molecule has 3 aromatic rings. The molecule has 0 aliphatic rings. The van der Waals surface area contributed by atoms with Crippen LogP contribution in [0.5, 0.6) is 5.75 Å². The van der Waals surface area contributed by atoms with Crippen LogP contribution in [0.4, 0.5) is 0 Å². The van der Waals surface area contributed by atoms with Crippen molar-refractivity contribution in [1.29, 1.82) is 0 Å². The molecule has 0 heterocycles. The molecule has 0 bridgehead atoms. The molecule has 0 aliphatic heterocycles. The topological polar surface area (TPSA) is 46.5 Å². The molecule has 3 rings (SSSR count). The largest absolute Gasteiger partial charge is 0.422 e. The fourth-order valence-corrected chi connectivity index (χ4v) is 2.45. The van der Waals surface area contributed by atoms with Gasteiger partial charge in [0.15, 0.2) is 0 Å². The van der Waals surface area contributed by atoms with Crippen molar-refractivity contribution in [2.45, 2.75) is 6.10 Å². The van der Waals surface area contributed by atoms with E-state index in [1.807, 2.05) is 66.7 Å². The van der Waals surface area contributed by atoms with Gasteiger partial charge in [0.1, 0.15) is 11.9 Å². The lowest BCUT2D eigenvalue weighted by atomic mass is 10.1. The first kappa shape index (κ1) is 16.7. The Labute approximate surface area is 146 Å². The van der Waals surface area contributed by atoms with E-state index in [1.54, 1.807) is 12.1 Å². The van der Waals surface area contributed by atoms with Gasteiger partial charge in [-0.15, -0.1) is 0 Å². The van der Waals surface area contributed by atoms with Crippen LogP contribution in [0.15, 0.2) is 91.0 Å². The van der Waals surface area contributed by atoms with Gasteiger partial charge in [-0.2, -0.15) is 0 Å². The summed E-state index contributed by atoms with van der Waals surface area (Å²) in [5.74, 6) is -0.204. The van der Waals surface area contributed by atoms with Crippen LogP contribution in [0, 0.1) is 0 Å². The van der Waals surface area contributed by atoms with Crippen LogP contribution >= 0.6 is 0 Å². The minimum absolute atomic E-state index is 0.0138. The van der Waals surface area contributed by atoms with E-state index in [0.29, 0.717) is 5.75 Å². The maximum Gasteiger partial charge on any atom is 0.341 e. The van der Waals surface area contributed by atoms with Crippen molar-refractivity contribution in [3.05, 3.63) is 96.6 Å². The molecular formula is C22H18O3. The second-order valence-corrected chi connectivity index (χ2v) is 5.61. The van der Waals surface area contributed by atoms with Crippen molar-refractivity contribution < 1.29 is 14.6 Å². The van der Waals surface area contributed by atoms with Crippen LogP contribution in [-0.4, -0.2) is 17.2 Å². The van der Waals surface area contributed by atoms with Gasteiger partial charge < -0.3 is 9.84 Å². The van der Waals surface area contributed by atoms with Crippen LogP contribution < -0.4 is 4.74 Å². The van der Waals surface area contributed by atoms with Crippen LogP contribution in [0.25, 0.3) is 16.8 Å². The Balaban J connectivity index is 1.72. The molecule has 1 atom stereocenters. The van der Waals surface area contributed by atoms with Crippen molar-refractivity contribution in [2.24, 2.45) is 0 Å². The number of fused-ring (bicyclic) bond motifs is 1. The number of aliphatic hydroxyl groups excluding tert-OH is 1. The second-order valence-electron chi connectivity index (χ2n) is 5.61. The van der Waals surface area contributed by atoms with Crippen LogP contribution in [0.3, 0.4) is 0 Å². The van der Waals surface area contributed by atoms with Gasteiger partial charge in [-0.05, 0) is 17.0 Å². The van der Waals surface area contributed by atoms with Gasteiger partial charge in [-0.3, -0.25) is 0 Å². The number of hydrogen-bond acceptors (Lipinski definition) is 3. The highest BCUT2D eigenvalue weighted by Crippen LogP contribution is 2.26. The highest BCUT2D eigenvalue weighted by molar-refractivity contribution is 5.95. The third-order valence-corrected chi connectivity index (χ3v) is 3.84. The highest BCUT2D eigenvalue weighted by atomic mass is 16.5. The fraction of sp³-hybridized carbons (Fsp3) is 0.0455. The monoisotopic (exact) mass is 330 g/mol. The molecule has 0 aliphatic carbocycles. The van der Waals surface area contributed by atoms with E-state index in [2.05, 4.69) is 6.58 Å². The van der Waals surface area contributed by atoms with E-state index < -0.39 is 12.1 Å². The van der Waals surface area contributed by atoms with Crippen LogP contribution in [0.1, 0.15) is 5.56 Å². The Morgan fingerprint density at radius 2 is 1.64 bits per heavy atom. The zero-order chi connectivity index (χ0) is 17.6. The summed E-state index contributed by atoms with van der Waals surface area (Å²) in [6, 6.07) is 22.6. The molecule has 25 heavy (non-hydrogen) atoms. The zero-order valence-corrected chi connectivity index (χ0v) is 13.6. The van der Waals surface area contributed by atoms with Crippen molar-refractivity contribution in [1.82, 2.24) is 0 Å². The predicted octanol–water partition coefficient (Wildman–Crippen LogP) is 4.38. The first-order valence-corrected chi connectivity index (χ1v) is 7.95. The van der Waals surface area contributed by atoms with E-state index in [9.17, 15) is 9.90 Å². The summed E-state index contributed by atoms with van der Waals surface area (Å²) in [6.45, 7) is 3.67. The summed E-state index contributed by atoms with van der Waals surface area (Å²) in [5.41, 5.74) is 0.914. The Morgan fingerprint density at radius 1 is 0.960 bits per heavy atom. The lowest BCUT2D eigenvalue weighted by Crippen LogP contribution is -2.19. The summed E-state index contributed by atoms with van der Waals surface area (Å²) in [4.78, 5) is 12.3. The zero-order valence-electron chi connectivity index (χ0n) is 13.6. The number of carbonyl (C=O) groups excluding carboxylic acids is 1. The number of benzene rings is 3. The van der Waals surface area contributed by atoms with Gasteiger partial charge in [0.05, 0.1) is 5.57 Å². The lowest BCUT2D eigenvalue weighted by Gasteiger charge is -2.11. The summed E-state index contributed by atoms with van der Waals surface area (Å²) in [6.07, 6.45) is 2.14. The number of aliphatic hydroxyl groups is 1. The van der Waals surface area contributed by atoms with E-state index in [4.69, 9.17) is 4.74 Å². The van der Waals surface area contributed by atoms with E-state index >= 15 is 0 Å². The van der Waals surface area contributed by atoms with Crippen LogP contribution in [0.2, 0.25) is 0 Å². The Bertz CT molecular complexity index is 921. The molecule has 0 saturated carbocycles. The number of ether oxygens (including phenoxy) is 1. The second kappa shape index (κ2) is 7.60. The lowest BCUT2D eigenvalue weighted by molar-refractivity contribution is -0.130. The molecule has 0 aromatic heterocycles. The number of carbonyl (C=O) groups is 1. The molecule has 1 unspecified atom stereocenters. The van der Waals surface area contributed by atoms with Crippen molar-refractivity contribution >= 4 is 22.8 Å². The Kier molecular flexibility index (Phi) is 5.07. The normalized spacial score (nSPS) is 12.2. The van der Waals surface area contributed by atoms with Gasteiger partial charge in [0, 0.05) is 5.39 Å². The van der Waals surface area contributed by atoms with E-state index in [-0.39, 0.29) is 5.57 Å². The molecule has 3 nitrogen and oxygen atoms in total. The summed E-state index contributed by atoms with van der Waals surface area (Å²) in [5, 5.41) is 12.0. The molecule has 124 valence electrons. The molecule has 3 heteroatoms. The van der Waals surface area contributed by atoms with Crippen molar-refractivity contribution in [3.63, 3.8) is 0 Å². The summed E-state index contributed by atoms with van der Waals surface area (Å²) < 4.78 is 5.43. The first-order valence-electron chi connectivity index (χ1n) is 7.95. The molecular weight excluding hydrogens is 312 g/mol. The van der Waals surface area contributed by atoms with E-state index in [0.717, 1.165) is 16.3 Å². The van der Waals surface area contributed by atoms with Gasteiger partial charge in [-0.25, -0.2) is 4.79 Å². The van der Waals surface area contributed by atoms with Crippen LogP contribution in [-0.2, 0) is 4.79 Å². The average Bonchev–Trinajstić information content (AvgIpc) is 2.66. The quantitative estimate of drug-likeness (QED) is 0.429. The Hall–Kier alpha value is -3.17. The van der Waals surface area contributed by atoms with Gasteiger partial charge >= 0.3 is 5.97 Å². The molecule has 3 aromatic carbocycles. The number of rotatable bonds is 5. The molecule has 0 fully saturated rings. The highest BCUT2D eigenvalue weighted by Gasteiger charge is 2.17. The third kappa shape index (κ3) is 4.03. The molecule has 1 N–H and O–H groups in total. The SMILES string of the molecule is C=C(C(=O)Oc1cccc2ccccc12)C(O)/C=C/c1ccccc1. The first-order chi connectivity index (χ1) is 12.1. The summed E-state index contributed by atoms with van der Waals surface area (Å²) >= 11 is 0. The molecule has 0 spiro atoms. The molecule has 0 amide bonds. The smallest absolute Gasteiger partial charge is 0.341 e. The minimum atomic E-state index is -1.11. The minimum Gasteiger partial charge on any atom is -0.422 e. The number of esters is 1. The molecule has 0 radical (unpaired) electrons. The third-order valence-electron chi connectivity index (χ3n) is 3.84. The molecule has 0 saturated heterocycles. The summed E-state index contributed by atoms with van der Waals surface area (Å²) in [7, 11) is 0. The maximum absolute atomic E-state index is 12.3. The van der Waals surface area contributed by atoms with Gasteiger partial charge in [0.25, 0.3) is 0 Å².